The van der Waals surface area contributed by atoms with Crippen molar-refractivity contribution in [1.82, 2.24) is 42.8 Å². The molecule has 9 aromatic heterocycles. The minimum atomic E-state index is 0.809. The molecule has 12 nitrogen and oxygen atoms in total. The second kappa shape index (κ2) is 31.7. The van der Waals surface area contributed by atoms with E-state index in [0.29, 0.717) is 0 Å². The summed E-state index contributed by atoms with van der Waals surface area (Å²) < 4.78 is 25.1. The van der Waals surface area contributed by atoms with Gasteiger partial charge in [0.25, 0.3) is 0 Å². The zero-order valence-corrected chi connectivity index (χ0v) is 79.5. The van der Waals surface area contributed by atoms with E-state index >= 15 is 0 Å². The lowest BCUT2D eigenvalue weighted by atomic mass is 9.93. The first-order valence-electron chi connectivity index (χ1n) is 50.4. The van der Waals surface area contributed by atoms with Crippen molar-refractivity contribution in [3.63, 3.8) is 0 Å². The average molecular weight is 1890 g/mol. The first-order valence-corrected chi connectivity index (χ1v) is 50.4. The van der Waals surface area contributed by atoms with E-state index < -0.39 is 0 Å². The summed E-state index contributed by atoms with van der Waals surface area (Å²) in [4.78, 5) is 23.6. The third kappa shape index (κ3) is 11.8. The second-order valence-electron chi connectivity index (χ2n) is 38.8. The van der Waals surface area contributed by atoms with E-state index in [4.69, 9.17) is 28.8 Å². The van der Waals surface area contributed by atoms with E-state index in [1.807, 2.05) is 60.7 Å². The molecule has 0 aliphatic rings. The van der Waals surface area contributed by atoms with Crippen molar-refractivity contribution in [2.45, 2.75) is 0 Å². The van der Waals surface area contributed by atoms with E-state index in [9.17, 15) is 0 Å². The van der Waals surface area contributed by atoms with E-state index in [-0.39, 0.29) is 0 Å². The van der Waals surface area contributed by atoms with Gasteiger partial charge in [-0.3, -0.25) is 9.13 Å². The number of para-hydroxylation sites is 9. The summed E-state index contributed by atoms with van der Waals surface area (Å²) in [5.74, 6) is 1.63. The number of anilines is 3. The molecule has 12 heteroatoms. The number of rotatable bonds is 10. The Morgan fingerprint density at radius 2 is 0.432 bits per heavy atom. The molecule has 34 rings (SSSR count). The molecule has 0 N–H and O–H groups in total. The van der Waals surface area contributed by atoms with Crippen LogP contribution in [0, 0.1) is 0 Å². The molecular formula is C136H80N10O2. The van der Waals surface area contributed by atoms with Crippen LogP contribution in [-0.4, -0.2) is 42.8 Å². The maximum atomic E-state index is 6.56. The van der Waals surface area contributed by atoms with Crippen molar-refractivity contribution >= 4 is 257 Å². The van der Waals surface area contributed by atoms with Crippen LogP contribution >= 0.6 is 0 Å². The summed E-state index contributed by atoms with van der Waals surface area (Å²) in [7, 11) is 0. The first-order chi connectivity index (χ1) is 73.5. The van der Waals surface area contributed by atoms with Gasteiger partial charge in [-0.05, 0) is 253 Å². The zero-order valence-electron chi connectivity index (χ0n) is 79.5. The predicted molar refractivity (Wildman–Crippen MR) is 616 cm³/mol. The molecule has 0 saturated heterocycles. The number of fused-ring (bicyclic) bond motifs is 13. The number of nitrogens with zero attached hydrogens (tertiary/aromatic N) is 10. The van der Waals surface area contributed by atoms with Crippen molar-refractivity contribution < 1.29 is 8.83 Å². The van der Waals surface area contributed by atoms with Crippen LogP contribution in [0.4, 0.5) is 17.1 Å². The Morgan fingerprint density at radius 1 is 0.155 bits per heavy atom. The maximum absolute atomic E-state index is 6.56. The van der Waals surface area contributed by atoms with Crippen LogP contribution in [0.3, 0.4) is 0 Å². The van der Waals surface area contributed by atoms with Crippen molar-refractivity contribution in [1.29, 1.82) is 0 Å². The maximum Gasteiger partial charge on any atom is 0.165 e. The smallest absolute Gasteiger partial charge is 0.165 e. The molecule has 148 heavy (non-hydrogen) atoms. The molecular weight excluding hydrogens is 1810 g/mol. The van der Waals surface area contributed by atoms with Crippen molar-refractivity contribution in [2.24, 2.45) is 0 Å². The number of benzene rings is 22. The summed E-state index contributed by atoms with van der Waals surface area (Å²) >= 11 is 0. The summed E-state index contributed by atoms with van der Waals surface area (Å²) in [6, 6.07) is 173. The normalized spacial score (nSPS) is 12.2. The summed E-state index contributed by atoms with van der Waals surface area (Å²) in [6.07, 6.45) is 0. The summed E-state index contributed by atoms with van der Waals surface area (Å²) in [6.45, 7) is 0. The lowest BCUT2D eigenvalue weighted by Gasteiger charge is -2.25. The summed E-state index contributed by atoms with van der Waals surface area (Å²) in [5, 5.41) is 31.6. The van der Waals surface area contributed by atoms with Crippen molar-refractivity contribution in [3.05, 3.63) is 485 Å². The Morgan fingerprint density at radius 3 is 0.872 bits per heavy atom. The van der Waals surface area contributed by atoms with Crippen LogP contribution in [0.5, 0.6) is 0 Å². The van der Waals surface area contributed by atoms with Crippen LogP contribution in [0.1, 0.15) is 0 Å². The highest BCUT2D eigenvalue weighted by Crippen LogP contribution is 2.54. The highest BCUT2D eigenvalue weighted by atomic mass is 16.3. The molecule has 0 radical (unpaired) electrons. The van der Waals surface area contributed by atoms with E-state index in [0.717, 1.165) is 167 Å². The van der Waals surface area contributed by atoms with E-state index in [1.165, 1.54) is 141 Å². The Balaban J connectivity index is 0.0000000993. The van der Waals surface area contributed by atoms with Gasteiger partial charge in [0, 0.05) is 121 Å². The average Bonchev–Trinajstić information content (AvgIpc) is 1.52. The van der Waals surface area contributed by atoms with E-state index in [1.54, 1.807) is 0 Å². The van der Waals surface area contributed by atoms with Crippen LogP contribution in [0.15, 0.2) is 494 Å². The summed E-state index contributed by atoms with van der Waals surface area (Å²) in [5.41, 5.74) is 29.2. The Labute approximate surface area is 843 Å². The Bertz CT molecular complexity index is 11300. The third-order valence-corrected chi connectivity index (χ3v) is 31.0. The van der Waals surface area contributed by atoms with Gasteiger partial charge in [0.05, 0.1) is 77.2 Å². The molecule has 9 heterocycles. The number of furan rings is 2. The lowest BCUT2D eigenvalue weighted by molar-refractivity contribution is 0.669. The van der Waals surface area contributed by atoms with Gasteiger partial charge in [-0.2, -0.15) is 0 Å². The molecule has 0 aliphatic carbocycles. The van der Waals surface area contributed by atoms with Gasteiger partial charge in [-0.1, -0.05) is 297 Å². The number of aromatic nitrogens is 9. The molecule has 25 aromatic carbocycles. The molecule has 0 unspecified atom stereocenters. The minimum Gasteiger partial charge on any atom is -0.456 e. The fourth-order valence-corrected chi connectivity index (χ4v) is 25.0. The molecule has 0 saturated carbocycles. The van der Waals surface area contributed by atoms with E-state index in [2.05, 4.69) is 452 Å². The number of hydrogen-bond acceptors (Lipinski definition) is 7. The molecule has 0 fully saturated rings. The highest BCUT2D eigenvalue weighted by Gasteiger charge is 2.32. The standard InChI is InChI=1S/C50H28N4O.C48H31N3.C38H21N3O/c1-3-13-29(14-4-1)49-50(52-38-21-9-8-20-37(38)51-49)54-40-23-12-18-32-34-27-36-31-17-7-10-24-43(31)55-44(36)28-35(34)33-19-11-22-39-45(33)47-41(25-26-42(54)48(47)46(32)40)53(39)30-15-5-2-6-16-30;1-4-14-32(15-5-1)49(33-16-6-2-7-17-33)35-28-30-36(31-29-35)51-43-26-12-22-39-37-20-10-24-41-45(37)46-38(40-23-13-27-44(51)48(40)47(39)43)21-11-25-42(46)50(41)34-18-8-3-9-19-34;1-2-10-22(11-3-1)37-38(40-28-17-7-6-16-27(28)39-37)41-29-18-8-14-25-23-12-4-5-13-24(23)26-15-9-19-31-34(26)36-32(42-31)21-20-30(41)35(36)33(25)29/h1-28H;1-31H;1-21H. The van der Waals surface area contributed by atoms with Gasteiger partial charge in [0.2, 0.25) is 0 Å². The van der Waals surface area contributed by atoms with Gasteiger partial charge in [0.15, 0.2) is 11.6 Å². The van der Waals surface area contributed by atoms with Crippen LogP contribution in [0.2, 0.25) is 0 Å². The zero-order chi connectivity index (χ0) is 96.6. The highest BCUT2D eigenvalue weighted by molar-refractivity contribution is 6.43. The molecule has 0 atom stereocenters. The third-order valence-electron chi connectivity index (χ3n) is 31.0. The molecule has 0 spiro atoms. The number of hydrogen-bond donors (Lipinski definition) is 0. The van der Waals surface area contributed by atoms with Gasteiger partial charge in [-0.25, -0.2) is 19.9 Å². The van der Waals surface area contributed by atoms with Gasteiger partial charge >= 0.3 is 0 Å². The van der Waals surface area contributed by atoms with Crippen molar-refractivity contribution in [2.75, 3.05) is 4.90 Å². The monoisotopic (exact) mass is 1880 g/mol. The predicted octanol–water partition coefficient (Wildman–Crippen LogP) is 36.3. The second-order valence-corrected chi connectivity index (χ2v) is 38.8. The Kier molecular flexibility index (Phi) is 17.5. The van der Waals surface area contributed by atoms with Crippen LogP contribution in [-0.2, 0) is 0 Å². The van der Waals surface area contributed by atoms with Crippen LogP contribution in [0.25, 0.3) is 291 Å². The SMILES string of the molecule is c1ccc(-c2nc3ccccc3nc2-n2c3cccc4c5cc6c(cc5c5cccc7c5c5c(c43)c2ccc5n7-c2ccccc2)oc2ccccc26)cc1.c1ccc(-c2nc3ccccc3nc2-n2c3cccc4c5ccccc5c5cccc6oc7ccc2c(c7c65)c43)cc1.c1ccc(N(c2ccccc2)c2ccc(-n3c4cccc5c6cccc7c6c6c(cccc6n7-c6ccccc6)c6cccc3c6c54)cc2)cc1. The molecule has 0 bridgehead atoms. The first kappa shape index (κ1) is 81.6. The van der Waals surface area contributed by atoms with Crippen molar-refractivity contribution in [3.8, 4) is 51.2 Å². The van der Waals surface area contributed by atoms with Gasteiger partial charge in [-0.15, -0.1) is 0 Å². The minimum absolute atomic E-state index is 0.809. The Hall–Kier alpha value is -20.1. The van der Waals surface area contributed by atoms with Gasteiger partial charge < -0.3 is 27.4 Å². The lowest BCUT2D eigenvalue weighted by Crippen LogP contribution is -2.09. The van der Waals surface area contributed by atoms with Crippen LogP contribution < -0.4 is 4.90 Å². The largest absolute Gasteiger partial charge is 0.456 e. The fourth-order valence-electron chi connectivity index (χ4n) is 25.0. The molecule has 34 aromatic rings. The quantitative estimate of drug-likeness (QED) is 0.134. The van der Waals surface area contributed by atoms with Gasteiger partial charge in [0.1, 0.15) is 33.7 Å². The molecule has 0 aliphatic heterocycles. The molecule has 0 amide bonds. The molecule has 686 valence electrons. The topological polar surface area (TPSA) is 106 Å². The fraction of sp³-hybridized carbons (Fsp3) is 0.